The van der Waals surface area contributed by atoms with Gasteiger partial charge in [0.05, 0.1) is 6.04 Å². The van der Waals surface area contributed by atoms with Gasteiger partial charge < -0.3 is 9.80 Å². The molecule has 1 fully saturated rings. The highest BCUT2D eigenvalue weighted by molar-refractivity contribution is 6.30. The summed E-state index contributed by atoms with van der Waals surface area (Å²) in [6.07, 6.45) is -0.105. The van der Waals surface area contributed by atoms with Crippen molar-refractivity contribution in [3.05, 3.63) is 34.9 Å². The van der Waals surface area contributed by atoms with Crippen LogP contribution >= 0.6 is 11.6 Å². The molecular formula is C15H22ClN3O. The lowest BCUT2D eigenvalue weighted by Crippen LogP contribution is -2.43. The number of nitrogens with one attached hydrogen (secondary N) is 1. The molecule has 1 aromatic rings. The Balaban J connectivity index is 2.28. The zero-order valence-electron chi connectivity index (χ0n) is 12.4. The van der Waals surface area contributed by atoms with Crippen molar-refractivity contribution in [2.75, 3.05) is 20.6 Å². The molecule has 20 heavy (non-hydrogen) atoms. The number of likely N-dealkylation sites (N-methyl/N-ethyl adjacent to an activating group) is 1. The summed E-state index contributed by atoms with van der Waals surface area (Å²) in [4.78, 5) is 16.4. The van der Waals surface area contributed by atoms with E-state index in [0.29, 0.717) is 5.02 Å². The molecular weight excluding hydrogens is 274 g/mol. The van der Waals surface area contributed by atoms with Crippen molar-refractivity contribution >= 4 is 17.5 Å². The molecule has 1 saturated heterocycles. The van der Waals surface area contributed by atoms with Gasteiger partial charge in [0, 0.05) is 17.6 Å². The van der Waals surface area contributed by atoms with Crippen LogP contribution in [0.15, 0.2) is 24.3 Å². The summed E-state index contributed by atoms with van der Waals surface area (Å²) in [6, 6.07) is 7.66. The quantitative estimate of drug-likeness (QED) is 0.924. The molecule has 1 aromatic carbocycles. The van der Waals surface area contributed by atoms with Crippen molar-refractivity contribution in [3.63, 3.8) is 0 Å². The van der Waals surface area contributed by atoms with E-state index in [1.807, 2.05) is 50.2 Å². The molecule has 0 radical (unpaired) electrons. The SMILES string of the molecule is CC1NC(c2cccc(Cl)c2)N(C(C)CN(C)C)C1=O. The predicted molar refractivity (Wildman–Crippen MR) is 81.7 cm³/mol. The van der Waals surface area contributed by atoms with Crippen LogP contribution in [0.3, 0.4) is 0 Å². The summed E-state index contributed by atoms with van der Waals surface area (Å²) in [5, 5.41) is 4.04. The van der Waals surface area contributed by atoms with Crippen molar-refractivity contribution in [3.8, 4) is 0 Å². The minimum atomic E-state index is -0.163. The van der Waals surface area contributed by atoms with Gasteiger partial charge in [0.2, 0.25) is 5.91 Å². The second kappa shape index (κ2) is 6.12. The minimum absolute atomic E-state index is 0.105. The number of hydrogen-bond acceptors (Lipinski definition) is 3. The third kappa shape index (κ3) is 3.14. The zero-order valence-corrected chi connectivity index (χ0v) is 13.2. The van der Waals surface area contributed by atoms with Gasteiger partial charge in [-0.25, -0.2) is 0 Å². The van der Waals surface area contributed by atoms with Crippen molar-refractivity contribution in [1.82, 2.24) is 15.1 Å². The molecule has 0 spiro atoms. The van der Waals surface area contributed by atoms with Crippen LogP contribution < -0.4 is 5.32 Å². The maximum atomic E-state index is 12.4. The summed E-state index contributed by atoms with van der Waals surface area (Å²) in [7, 11) is 4.03. The van der Waals surface area contributed by atoms with E-state index in [1.165, 1.54) is 0 Å². The van der Waals surface area contributed by atoms with Gasteiger partial charge in [-0.3, -0.25) is 10.1 Å². The Morgan fingerprint density at radius 3 is 2.75 bits per heavy atom. The van der Waals surface area contributed by atoms with Crippen LogP contribution in [0, 0.1) is 0 Å². The lowest BCUT2D eigenvalue weighted by atomic mass is 10.1. The van der Waals surface area contributed by atoms with Crippen LogP contribution in [-0.4, -0.2) is 48.4 Å². The standard InChI is InChI=1S/C15H22ClN3O/c1-10(9-18(3)4)19-14(17-11(2)15(19)20)12-6-5-7-13(16)8-12/h5-8,10-11,14,17H,9H2,1-4H3. The first kappa shape index (κ1) is 15.3. The number of carbonyl (C=O) groups excluding carboxylic acids is 1. The van der Waals surface area contributed by atoms with Crippen molar-refractivity contribution < 1.29 is 4.79 Å². The molecule has 110 valence electrons. The second-order valence-corrected chi connectivity index (χ2v) is 6.14. The van der Waals surface area contributed by atoms with E-state index in [2.05, 4.69) is 17.1 Å². The first-order chi connectivity index (χ1) is 9.40. The molecule has 2 rings (SSSR count). The van der Waals surface area contributed by atoms with E-state index < -0.39 is 0 Å². The molecule has 1 aliphatic rings. The van der Waals surface area contributed by atoms with Crippen molar-refractivity contribution in [2.45, 2.75) is 32.1 Å². The average Bonchev–Trinajstić information content (AvgIpc) is 2.65. The van der Waals surface area contributed by atoms with E-state index in [4.69, 9.17) is 11.6 Å². The largest absolute Gasteiger partial charge is 0.318 e. The van der Waals surface area contributed by atoms with Crippen LogP contribution in [0.5, 0.6) is 0 Å². The van der Waals surface area contributed by atoms with Crippen LogP contribution in [0.1, 0.15) is 25.6 Å². The highest BCUT2D eigenvalue weighted by Crippen LogP contribution is 2.29. The number of halogens is 1. The topological polar surface area (TPSA) is 35.6 Å². The Labute approximate surface area is 125 Å². The monoisotopic (exact) mass is 295 g/mol. The minimum Gasteiger partial charge on any atom is -0.318 e. The fourth-order valence-electron chi connectivity index (χ4n) is 2.76. The molecule has 3 atom stereocenters. The Kier molecular flexibility index (Phi) is 4.68. The van der Waals surface area contributed by atoms with Crippen molar-refractivity contribution in [1.29, 1.82) is 0 Å². The third-order valence-electron chi connectivity index (χ3n) is 3.58. The predicted octanol–water partition coefficient (Wildman–Crippen LogP) is 2.11. The number of amides is 1. The fraction of sp³-hybridized carbons (Fsp3) is 0.533. The average molecular weight is 296 g/mol. The highest BCUT2D eigenvalue weighted by Gasteiger charge is 2.39. The zero-order chi connectivity index (χ0) is 14.9. The lowest BCUT2D eigenvalue weighted by molar-refractivity contribution is -0.132. The number of rotatable bonds is 4. The normalized spacial score (nSPS) is 24.5. The van der Waals surface area contributed by atoms with E-state index in [9.17, 15) is 4.79 Å². The molecule has 1 heterocycles. The summed E-state index contributed by atoms with van der Waals surface area (Å²) in [5.74, 6) is 0.143. The van der Waals surface area contributed by atoms with Gasteiger partial charge in [0.25, 0.3) is 0 Å². The summed E-state index contributed by atoms with van der Waals surface area (Å²) in [5.41, 5.74) is 1.03. The second-order valence-electron chi connectivity index (χ2n) is 5.70. The van der Waals surface area contributed by atoms with Gasteiger partial charge in [0.15, 0.2) is 0 Å². The summed E-state index contributed by atoms with van der Waals surface area (Å²) < 4.78 is 0. The summed E-state index contributed by atoms with van der Waals surface area (Å²) in [6.45, 7) is 4.81. The van der Waals surface area contributed by atoms with Gasteiger partial charge in [-0.1, -0.05) is 23.7 Å². The van der Waals surface area contributed by atoms with Gasteiger partial charge >= 0.3 is 0 Å². The fourth-order valence-corrected chi connectivity index (χ4v) is 2.96. The Bertz CT molecular complexity index is 492. The van der Waals surface area contributed by atoms with Crippen LogP contribution in [0.4, 0.5) is 0 Å². The molecule has 4 nitrogen and oxygen atoms in total. The van der Waals surface area contributed by atoms with Crippen molar-refractivity contribution in [2.24, 2.45) is 0 Å². The van der Waals surface area contributed by atoms with E-state index in [-0.39, 0.29) is 24.2 Å². The highest BCUT2D eigenvalue weighted by atomic mass is 35.5. The maximum absolute atomic E-state index is 12.4. The molecule has 3 unspecified atom stereocenters. The number of nitrogens with zero attached hydrogens (tertiary/aromatic N) is 2. The van der Waals surface area contributed by atoms with Crippen LogP contribution in [0.2, 0.25) is 5.02 Å². The summed E-state index contributed by atoms with van der Waals surface area (Å²) >= 11 is 6.07. The molecule has 0 aliphatic carbocycles. The van der Waals surface area contributed by atoms with Crippen LogP contribution in [0.25, 0.3) is 0 Å². The maximum Gasteiger partial charge on any atom is 0.241 e. The van der Waals surface area contributed by atoms with Gasteiger partial charge in [-0.05, 0) is 45.6 Å². The number of hydrogen-bond donors (Lipinski definition) is 1. The van der Waals surface area contributed by atoms with Gasteiger partial charge in [0.1, 0.15) is 6.17 Å². The smallest absolute Gasteiger partial charge is 0.241 e. The van der Waals surface area contributed by atoms with Gasteiger partial charge in [-0.15, -0.1) is 0 Å². The Morgan fingerprint density at radius 1 is 1.45 bits per heavy atom. The first-order valence-electron chi connectivity index (χ1n) is 6.88. The Hall–Kier alpha value is -1.10. The molecule has 0 aromatic heterocycles. The Morgan fingerprint density at radius 2 is 2.15 bits per heavy atom. The first-order valence-corrected chi connectivity index (χ1v) is 7.26. The molecule has 0 saturated carbocycles. The lowest BCUT2D eigenvalue weighted by Gasteiger charge is -2.32. The van der Waals surface area contributed by atoms with E-state index in [0.717, 1.165) is 12.1 Å². The molecule has 1 aliphatic heterocycles. The van der Waals surface area contributed by atoms with E-state index >= 15 is 0 Å². The molecule has 0 bridgehead atoms. The third-order valence-corrected chi connectivity index (χ3v) is 3.81. The molecule has 5 heteroatoms. The van der Waals surface area contributed by atoms with Crippen LogP contribution in [-0.2, 0) is 4.79 Å². The number of carbonyl (C=O) groups is 1. The number of benzene rings is 1. The van der Waals surface area contributed by atoms with Gasteiger partial charge in [-0.2, -0.15) is 0 Å². The molecule has 1 N–H and O–H groups in total. The van der Waals surface area contributed by atoms with E-state index in [1.54, 1.807) is 0 Å². The molecule has 1 amide bonds.